The molecule has 0 aliphatic rings. The van der Waals surface area contributed by atoms with Crippen molar-refractivity contribution in [3.63, 3.8) is 0 Å². The largest absolute Gasteiger partial charge is 0.393 e. The van der Waals surface area contributed by atoms with Crippen molar-refractivity contribution in [3.8, 4) is 0 Å². The Labute approximate surface area is 95.4 Å². The average molecular weight is 223 g/mol. The molecule has 1 heterocycles. The lowest BCUT2D eigenvalue weighted by Gasteiger charge is -2.10. The molecular formula is C12H17NOS. The maximum absolute atomic E-state index is 9.55. The summed E-state index contributed by atoms with van der Waals surface area (Å²) < 4.78 is 0. The smallest absolute Gasteiger partial charge is 0.100 e. The second kappa shape index (κ2) is 6.64. The topological polar surface area (TPSA) is 33.1 Å². The number of rotatable bonds is 5. The first kappa shape index (κ1) is 12.3. The summed E-state index contributed by atoms with van der Waals surface area (Å²) in [5.74, 6) is 0.314. The normalized spacial score (nSPS) is 13.6. The molecule has 1 aromatic rings. The highest BCUT2D eigenvalue weighted by molar-refractivity contribution is 8.02. The van der Waals surface area contributed by atoms with E-state index in [1.165, 1.54) is 0 Å². The number of pyridine rings is 1. The molecule has 0 fully saturated rings. The molecule has 0 aliphatic heterocycles. The monoisotopic (exact) mass is 223 g/mol. The Hall–Kier alpha value is -0.800. The molecule has 1 N–H and O–H groups in total. The SMILES string of the molecule is CC(C)C(O)C/C=C/Sc1ccccn1. The van der Waals surface area contributed by atoms with Crippen LogP contribution in [0.2, 0.25) is 0 Å². The Bertz CT molecular complexity index is 298. The fourth-order valence-corrected chi connectivity index (χ4v) is 1.63. The minimum absolute atomic E-state index is 0.245. The van der Waals surface area contributed by atoms with Gasteiger partial charge in [0, 0.05) is 6.20 Å². The lowest BCUT2D eigenvalue weighted by atomic mass is 10.1. The zero-order valence-electron chi connectivity index (χ0n) is 9.13. The van der Waals surface area contributed by atoms with Gasteiger partial charge in [0.2, 0.25) is 0 Å². The maximum atomic E-state index is 9.55. The van der Waals surface area contributed by atoms with E-state index in [9.17, 15) is 5.11 Å². The van der Waals surface area contributed by atoms with Crippen molar-refractivity contribution in [2.24, 2.45) is 5.92 Å². The van der Waals surface area contributed by atoms with Crippen LogP contribution >= 0.6 is 11.8 Å². The van der Waals surface area contributed by atoms with E-state index >= 15 is 0 Å². The molecule has 0 spiro atoms. The molecule has 2 nitrogen and oxygen atoms in total. The molecular weight excluding hydrogens is 206 g/mol. The number of hydrogen-bond donors (Lipinski definition) is 1. The summed E-state index contributed by atoms with van der Waals surface area (Å²) in [7, 11) is 0. The van der Waals surface area contributed by atoms with Crippen LogP contribution in [0.1, 0.15) is 20.3 Å². The molecule has 1 rings (SSSR count). The summed E-state index contributed by atoms with van der Waals surface area (Å²) in [5, 5.41) is 12.5. The van der Waals surface area contributed by atoms with Gasteiger partial charge < -0.3 is 5.11 Å². The van der Waals surface area contributed by atoms with Crippen molar-refractivity contribution in [3.05, 3.63) is 35.9 Å². The van der Waals surface area contributed by atoms with Crippen LogP contribution in [0.25, 0.3) is 0 Å². The van der Waals surface area contributed by atoms with Gasteiger partial charge in [0.25, 0.3) is 0 Å². The molecule has 82 valence electrons. The minimum atomic E-state index is -0.245. The zero-order valence-corrected chi connectivity index (χ0v) is 9.95. The quantitative estimate of drug-likeness (QED) is 0.779. The van der Waals surface area contributed by atoms with E-state index in [1.807, 2.05) is 43.5 Å². The third-order valence-corrected chi connectivity index (χ3v) is 2.88. The van der Waals surface area contributed by atoms with Gasteiger partial charge in [-0.25, -0.2) is 4.98 Å². The predicted octanol–water partition coefficient (Wildman–Crippen LogP) is 3.09. The van der Waals surface area contributed by atoms with Gasteiger partial charge in [-0.2, -0.15) is 0 Å². The van der Waals surface area contributed by atoms with E-state index in [1.54, 1.807) is 18.0 Å². The van der Waals surface area contributed by atoms with Crippen molar-refractivity contribution in [1.29, 1.82) is 0 Å². The Morgan fingerprint density at radius 3 is 2.87 bits per heavy atom. The summed E-state index contributed by atoms with van der Waals surface area (Å²) >= 11 is 1.57. The number of aliphatic hydroxyl groups is 1. The maximum Gasteiger partial charge on any atom is 0.100 e. The summed E-state index contributed by atoms with van der Waals surface area (Å²) in [6.07, 6.45) is 4.23. The van der Waals surface area contributed by atoms with E-state index in [-0.39, 0.29) is 6.10 Å². The number of thioether (sulfide) groups is 1. The second-order valence-corrected chi connectivity index (χ2v) is 4.63. The number of nitrogens with zero attached hydrogens (tertiary/aromatic N) is 1. The molecule has 0 aliphatic carbocycles. The van der Waals surface area contributed by atoms with Gasteiger partial charge in [-0.15, -0.1) is 0 Å². The van der Waals surface area contributed by atoms with Crippen molar-refractivity contribution >= 4 is 11.8 Å². The Morgan fingerprint density at radius 2 is 2.27 bits per heavy atom. The van der Waals surface area contributed by atoms with Crippen molar-refractivity contribution in [2.45, 2.75) is 31.4 Å². The first-order valence-corrected chi connectivity index (χ1v) is 5.99. The highest BCUT2D eigenvalue weighted by Gasteiger charge is 2.05. The van der Waals surface area contributed by atoms with Crippen molar-refractivity contribution in [2.75, 3.05) is 0 Å². The van der Waals surface area contributed by atoms with E-state index in [2.05, 4.69) is 4.98 Å². The van der Waals surface area contributed by atoms with Crippen LogP contribution in [-0.4, -0.2) is 16.2 Å². The van der Waals surface area contributed by atoms with E-state index in [4.69, 9.17) is 0 Å². The molecule has 0 radical (unpaired) electrons. The van der Waals surface area contributed by atoms with E-state index in [0.717, 1.165) is 5.03 Å². The molecule has 3 heteroatoms. The molecule has 0 aromatic carbocycles. The summed E-state index contributed by atoms with van der Waals surface area (Å²) in [5.41, 5.74) is 0. The van der Waals surface area contributed by atoms with Crippen LogP contribution in [-0.2, 0) is 0 Å². The lowest BCUT2D eigenvalue weighted by molar-refractivity contribution is 0.128. The molecule has 0 bridgehead atoms. The number of aromatic nitrogens is 1. The Kier molecular flexibility index (Phi) is 5.43. The standard InChI is InChI=1S/C12H17NOS/c1-10(2)11(14)6-5-9-15-12-7-3-4-8-13-12/h3-5,7-11,14H,6H2,1-2H3/b9-5+. The first-order chi connectivity index (χ1) is 7.20. The molecule has 0 saturated heterocycles. The molecule has 1 atom stereocenters. The van der Waals surface area contributed by atoms with Gasteiger partial charge in [0.05, 0.1) is 6.10 Å². The molecule has 1 aromatic heterocycles. The Balaban J connectivity index is 2.29. The molecule has 0 saturated carbocycles. The number of hydrogen-bond acceptors (Lipinski definition) is 3. The third-order valence-electron chi connectivity index (χ3n) is 2.07. The lowest BCUT2D eigenvalue weighted by Crippen LogP contribution is -2.12. The Morgan fingerprint density at radius 1 is 1.47 bits per heavy atom. The summed E-state index contributed by atoms with van der Waals surface area (Å²) in [6.45, 7) is 4.04. The summed E-state index contributed by atoms with van der Waals surface area (Å²) in [6, 6.07) is 5.83. The van der Waals surface area contributed by atoms with Crippen LogP contribution in [0, 0.1) is 5.92 Å². The fraction of sp³-hybridized carbons (Fsp3) is 0.417. The predicted molar refractivity (Wildman–Crippen MR) is 64.7 cm³/mol. The summed E-state index contributed by atoms with van der Waals surface area (Å²) in [4.78, 5) is 4.18. The van der Waals surface area contributed by atoms with Gasteiger partial charge in [-0.05, 0) is 29.9 Å². The minimum Gasteiger partial charge on any atom is -0.393 e. The molecule has 15 heavy (non-hydrogen) atoms. The van der Waals surface area contributed by atoms with Crippen LogP contribution in [0.15, 0.2) is 40.9 Å². The number of aliphatic hydroxyl groups excluding tert-OH is 1. The second-order valence-electron chi connectivity index (χ2n) is 3.70. The van der Waals surface area contributed by atoms with Gasteiger partial charge in [0.15, 0.2) is 0 Å². The van der Waals surface area contributed by atoms with Crippen molar-refractivity contribution in [1.82, 2.24) is 4.98 Å². The van der Waals surface area contributed by atoms with Crippen LogP contribution < -0.4 is 0 Å². The zero-order chi connectivity index (χ0) is 11.1. The highest BCUT2D eigenvalue weighted by Crippen LogP contribution is 2.16. The van der Waals surface area contributed by atoms with Gasteiger partial charge in [-0.1, -0.05) is 37.8 Å². The molecule has 0 amide bonds. The highest BCUT2D eigenvalue weighted by atomic mass is 32.2. The fourth-order valence-electron chi connectivity index (χ4n) is 1.00. The first-order valence-electron chi connectivity index (χ1n) is 5.11. The average Bonchev–Trinajstić information content (AvgIpc) is 2.25. The van der Waals surface area contributed by atoms with Crippen LogP contribution in [0.4, 0.5) is 0 Å². The van der Waals surface area contributed by atoms with E-state index in [0.29, 0.717) is 12.3 Å². The molecule has 1 unspecified atom stereocenters. The van der Waals surface area contributed by atoms with E-state index < -0.39 is 0 Å². The van der Waals surface area contributed by atoms with Crippen LogP contribution in [0.5, 0.6) is 0 Å². The van der Waals surface area contributed by atoms with Gasteiger partial charge in [0.1, 0.15) is 5.03 Å². The van der Waals surface area contributed by atoms with Gasteiger partial charge >= 0.3 is 0 Å². The third kappa shape index (κ3) is 5.00. The van der Waals surface area contributed by atoms with Crippen molar-refractivity contribution < 1.29 is 5.11 Å². The van der Waals surface area contributed by atoms with Gasteiger partial charge in [-0.3, -0.25) is 0 Å². The van der Waals surface area contributed by atoms with Crippen LogP contribution in [0.3, 0.4) is 0 Å².